The molecule has 1 heterocycles. The lowest BCUT2D eigenvalue weighted by molar-refractivity contribution is -0.145. The fraction of sp³-hybridized carbons (Fsp3) is 0.259. The molecule has 9 nitrogen and oxygen atoms in total. The van der Waals surface area contributed by atoms with Gasteiger partial charge in [-0.2, -0.15) is 0 Å². The molecule has 0 unspecified atom stereocenters. The van der Waals surface area contributed by atoms with E-state index in [0.717, 1.165) is 11.1 Å². The molecule has 36 heavy (non-hydrogen) atoms. The topological polar surface area (TPSA) is 116 Å². The Morgan fingerprint density at radius 1 is 0.778 bits per heavy atom. The average molecular weight is 492 g/mol. The molecule has 0 radical (unpaired) electrons. The van der Waals surface area contributed by atoms with Crippen molar-refractivity contribution < 1.29 is 28.6 Å². The standard InChI is InChI=1S/C27H29N3O6/c1-34-24-14-13-21(17-28-24)16-23(26(32)35-2)29-25(31)22(15-19-9-5-3-6-10-19)30-27(33)36-18-20-11-7-4-8-12-20/h3-14,17,22-23H,15-16,18H2,1-2H3,(H,29,31)(H,30,33)/t22-,23-/m0/s1. The first-order valence-corrected chi connectivity index (χ1v) is 11.4. The lowest BCUT2D eigenvalue weighted by Gasteiger charge is -2.22. The third-order valence-corrected chi connectivity index (χ3v) is 5.35. The molecule has 1 aromatic heterocycles. The molecular weight excluding hydrogens is 462 g/mol. The van der Waals surface area contributed by atoms with E-state index >= 15 is 0 Å². The Morgan fingerprint density at radius 3 is 2.00 bits per heavy atom. The van der Waals surface area contributed by atoms with Crippen LogP contribution in [0.4, 0.5) is 4.79 Å². The molecular formula is C27H29N3O6. The summed E-state index contributed by atoms with van der Waals surface area (Å²) >= 11 is 0. The van der Waals surface area contributed by atoms with E-state index in [1.165, 1.54) is 14.2 Å². The minimum Gasteiger partial charge on any atom is -0.481 e. The highest BCUT2D eigenvalue weighted by atomic mass is 16.5. The predicted molar refractivity (Wildman–Crippen MR) is 132 cm³/mol. The fourth-order valence-corrected chi connectivity index (χ4v) is 3.46. The van der Waals surface area contributed by atoms with E-state index in [2.05, 4.69) is 15.6 Å². The molecule has 0 saturated heterocycles. The van der Waals surface area contributed by atoms with Gasteiger partial charge >= 0.3 is 12.1 Å². The Hall–Kier alpha value is -4.40. The van der Waals surface area contributed by atoms with Crippen LogP contribution < -0.4 is 15.4 Å². The van der Waals surface area contributed by atoms with Crippen molar-refractivity contribution in [3.63, 3.8) is 0 Å². The highest BCUT2D eigenvalue weighted by Gasteiger charge is 2.28. The van der Waals surface area contributed by atoms with Gasteiger partial charge in [-0.3, -0.25) is 4.79 Å². The van der Waals surface area contributed by atoms with Gasteiger partial charge in [0.15, 0.2) is 0 Å². The number of nitrogens with zero attached hydrogens (tertiary/aromatic N) is 1. The molecule has 0 aliphatic rings. The molecule has 0 aliphatic heterocycles. The second kappa shape index (κ2) is 13.5. The zero-order chi connectivity index (χ0) is 25.8. The van der Waals surface area contributed by atoms with Crippen LogP contribution in [-0.4, -0.2) is 49.3 Å². The minimum absolute atomic E-state index is 0.0571. The van der Waals surface area contributed by atoms with Crippen LogP contribution in [0.25, 0.3) is 0 Å². The Balaban J connectivity index is 1.71. The molecule has 0 fully saturated rings. The van der Waals surface area contributed by atoms with Gasteiger partial charge in [-0.05, 0) is 16.7 Å². The van der Waals surface area contributed by atoms with Gasteiger partial charge in [0.1, 0.15) is 18.7 Å². The molecule has 0 bridgehead atoms. The first-order chi connectivity index (χ1) is 17.5. The second-order valence-electron chi connectivity index (χ2n) is 7.95. The number of alkyl carbamates (subject to hydrolysis) is 1. The summed E-state index contributed by atoms with van der Waals surface area (Å²) in [6.07, 6.45) is 1.15. The van der Waals surface area contributed by atoms with E-state index in [0.29, 0.717) is 11.4 Å². The Kier molecular flexibility index (Phi) is 9.81. The highest BCUT2D eigenvalue weighted by Crippen LogP contribution is 2.11. The van der Waals surface area contributed by atoms with Crippen LogP contribution in [0.2, 0.25) is 0 Å². The number of esters is 1. The average Bonchev–Trinajstić information content (AvgIpc) is 2.92. The number of aromatic nitrogens is 1. The molecule has 0 spiro atoms. The Morgan fingerprint density at radius 2 is 1.42 bits per heavy atom. The number of nitrogens with one attached hydrogen (secondary N) is 2. The first-order valence-electron chi connectivity index (χ1n) is 11.4. The number of methoxy groups -OCH3 is 2. The van der Waals surface area contributed by atoms with Crippen LogP contribution in [0.15, 0.2) is 79.0 Å². The highest BCUT2D eigenvalue weighted by molar-refractivity contribution is 5.90. The van der Waals surface area contributed by atoms with Crippen LogP contribution in [0, 0.1) is 0 Å². The number of carbonyl (C=O) groups is 3. The molecule has 188 valence electrons. The quantitative estimate of drug-likeness (QED) is 0.396. The summed E-state index contributed by atoms with van der Waals surface area (Å²) < 4.78 is 15.2. The Bertz CT molecular complexity index is 1120. The van der Waals surface area contributed by atoms with Gasteiger partial charge in [0.2, 0.25) is 11.8 Å². The van der Waals surface area contributed by atoms with Crippen LogP contribution in [0.5, 0.6) is 5.88 Å². The molecule has 2 aromatic carbocycles. The summed E-state index contributed by atoms with van der Waals surface area (Å²) in [4.78, 5) is 42.4. The van der Waals surface area contributed by atoms with E-state index in [4.69, 9.17) is 14.2 Å². The zero-order valence-electron chi connectivity index (χ0n) is 20.2. The van der Waals surface area contributed by atoms with Gasteiger partial charge in [0.05, 0.1) is 14.2 Å². The lowest BCUT2D eigenvalue weighted by atomic mass is 10.0. The van der Waals surface area contributed by atoms with Gasteiger partial charge in [-0.25, -0.2) is 14.6 Å². The Labute approximate surface area is 209 Å². The van der Waals surface area contributed by atoms with E-state index in [1.807, 2.05) is 60.7 Å². The van der Waals surface area contributed by atoms with Crippen LogP contribution in [0.3, 0.4) is 0 Å². The number of pyridine rings is 1. The number of carbonyl (C=O) groups excluding carboxylic acids is 3. The normalized spacial score (nSPS) is 12.1. The van der Waals surface area contributed by atoms with Crippen LogP contribution in [0.1, 0.15) is 16.7 Å². The summed E-state index contributed by atoms with van der Waals surface area (Å²) in [5, 5.41) is 5.32. The van der Waals surface area contributed by atoms with Crippen LogP contribution in [-0.2, 0) is 38.5 Å². The predicted octanol–water partition coefficient (Wildman–Crippen LogP) is 2.83. The van der Waals surface area contributed by atoms with Crippen molar-refractivity contribution in [3.8, 4) is 5.88 Å². The molecule has 2 N–H and O–H groups in total. The van der Waals surface area contributed by atoms with Crippen molar-refractivity contribution in [1.29, 1.82) is 0 Å². The van der Waals surface area contributed by atoms with E-state index in [-0.39, 0.29) is 19.4 Å². The van der Waals surface area contributed by atoms with Gasteiger partial charge in [0, 0.05) is 25.1 Å². The molecule has 0 saturated carbocycles. The van der Waals surface area contributed by atoms with Crippen LogP contribution >= 0.6 is 0 Å². The summed E-state index contributed by atoms with van der Waals surface area (Å²) in [7, 11) is 2.75. The lowest BCUT2D eigenvalue weighted by Crippen LogP contribution is -2.53. The molecule has 3 aromatic rings. The van der Waals surface area contributed by atoms with Gasteiger partial charge < -0.3 is 24.8 Å². The third kappa shape index (κ3) is 8.12. The summed E-state index contributed by atoms with van der Waals surface area (Å²) in [6.45, 7) is 0.0571. The second-order valence-corrected chi connectivity index (χ2v) is 7.95. The summed E-state index contributed by atoms with van der Waals surface area (Å²) in [5.74, 6) is -0.741. The maximum absolute atomic E-state index is 13.3. The summed E-state index contributed by atoms with van der Waals surface area (Å²) in [5.41, 5.74) is 2.34. The van der Waals surface area contributed by atoms with Gasteiger partial charge in [-0.1, -0.05) is 66.7 Å². The maximum atomic E-state index is 13.3. The number of hydrogen-bond donors (Lipinski definition) is 2. The maximum Gasteiger partial charge on any atom is 0.408 e. The molecule has 9 heteroatoms. The smallest absolute Gasteiger partial charge is 0.408 e. The fourth-order valence-electron chi connectivity index (χ4n) is 3.46. The molecule has 3 rings (SSSR count). The van der Waals surface area contributed by atoms with Crippen molar-refractivity contribution in [2.45, 2.75) is 31.5 Å². The number of amides is 2. The molecule has 2 atom stereocenters. The first kappa shape index (κ1) is 26.2. The van der Waals surface area contributed by atoms with Gasteiger partial charge in [-0.15, -0.1) is 0 Å². The molecule has 0 aliphatic carbocycles. The number of hydrogen-bond acceptors (Lipinski definition) is 7. The number of benzene rings is 2. The van der Waals surface area contributed by atoms with E-state index < -0.39 is 30.1 Å². The van der Waals surface area contributed by atoms with Crippen molar-refractivity contribution in [3.05, 3.63) is 95.7 Å². The number of rotatable bonds is 11. The third-order valence-electron chi connectivity index (χ3n) is 5.35. The largest absolute Gasteiger partial charge is 0.481 e. The number of ether oxygens (including phenoxy) is 3. The van der Waals surface area contributed by atoms with Crippen molar-refractivity contribution in [2.75, 3.05) is 14.2 Å². The zero-order valence-corrected chi connectivity index (χ0v) is 20.2. The van der Waals surface area contributed by atoms with E-state index in [9.17, 15) is 14.4 Å². The van der Waals surface area contributed by atoms with Crippen molar-refractivity contribution >= 4 is 18.0 Å². The SMILES string of the molecule is COC(=O)[C@H](Cc1ccc(OC)nc1)NC(=O)[C@H](Cc1ccccc1)NC(=O)OCc1ccccc1. The summed E-state index contributed by atoms with van der Waals surface area (Å²) in [6, 6.07) is 19.9. The van der Waals surface area contributed by atoms with Gasteiger partial charge in [0.25, 0.3) is 0 Å². The van der Waals surface area contributed by atoms with E-state index in [1.54, 1.807) is 18.3 Å². The molecule has 2 amide bonds. The van der Waals surface area contributed by atoms with Crippen molar-refractivity contribution in [2.24, 2.45) is 0 Å². The monoisotopic (exact) mass is 491 g/mol. The minimum atomic E-state index is -0.989. The van der Waals surface area contributed by atoms with Crippen molar-refractivity contribution in [1.82, 2.24) is 15.6 Å².